The van der Waals surface area contributed by atoms with E-state index in [0.29, 0.717) is 24.1 Å². The molecular weight excluding hydrogens is 454 g/mol. The van der Waals surface area contributed by atoms with E-state index in [4.69, 9.17) is 11.2 Å². The Hall–Kier alpha value is -3.79. The van der Waals surface area contributed by atoms with Gasteiger partial charge >= 0.3 is 6.09 Å². The van der Waals surface area contributed by atoms with Crippen LogP contribution in [0.3, 0.4) is 0 Å². The number of nitrogens with one attached hydrogen (secondary N) is 2. The summed E-state index contributed by atoms with van der Waals surface area (Å²) in [6.07, 6.45) is 5.62. The third kappa shape index (κ3) is 7.88. The van der Waals surface area contributed by atoms with E-state index in [0.717, 1.165) is 5.56 Å². The molecule has 0 fully saturated rings. The Morgan fingerprint density at radius 2 is 1.58 bits per heavy atom. The van der Waals surface area contributed by atoms with Gasteiger partial charge < -0.3 is 20.3 Å². The second kappa shape index (κ2) is 12.3. The van der Waals surface area contributed by atoms with Crippen LogP contribution in [-0.2, 0) is 20.9 Å². The largest absolute Gasteiger partial charge is 0.444 e. The Balaban J connectivity index is 2.45. The molecule has 0 aliphatic carbocycles. The second-order valence-electron chi connectivity index (χ2n) is 10.1. The molecule has 0 saturated heterocycles. The van der Waals surface area contributed by atoms with Gasteiger partial charge in [0.05, 0.1) is 0 Å². The fourth-order valence-electron chi connectivity index (χ4n) is 3.69. The molecule has 2 aromatic rings. The summed E-state index contributed by atoms with van der Waals surface area (Å²) in [5.74, 6) is 1.84. The lowest BCUT2D eigenvalue weighted by Crippen LogP contribution is -2.56. The predicted molar refractivity (Wildman–Crippen MR) is 141 cm³/mol. The van der Waals surface area contributed by atoms with Crippen LogP contribution in [0.5, 0.6) is 0 Å². The molecule has 7 nitrogen and oxygen atoms in total. The van der Waals surface area contributed by atoms with Gasteiger partial charge in [0.2, 0.25) is 11.8 Å². The zero-order valence-corrected chi connectivity index (χ0v) is 22.1. The van der Waals surface area contributed by atoms with Crippen LogP contribution in [0.2, 0.25) is 0 Å². The van der Waals surface area contributed by atoms with E-state index in [9.17, 15) is 14.4 Å². The number of hydrogen-bond acceptors (Lipinski definition) is 4. The number of alkyl carbamates (subject to hydrolysis) is 1. The highest BCUT2D eigenvalue weighted by Gasteiger charge is 2.40. The van der Waals surface area contributed by atoms with Gasteiger partial charge in [-0.25, -0.2) is 4.79 Å². The second-order valence-corrected chi connectivity index (χ2v) is 10.1. The van der Waals surface area contributed by atoms with Crippen LogP contribution in [0, 0.1) is 12.3 Å². The van der Waals surface area contributed by atoms with Crippen LogP contribution in [0.25, 0.3) is 0 Å². The van der Waals surface area contributed by atoms with Gasteiger partial charge in [-0.2, -0.15) is 0 Å². The molecule has 1 atom stereocenters. The van der Waals surface area contributed by atoms with Crippen LogP contribution >= 0.6 is 0 Å². The Morgan fingerprint density at radius 1 is 0.972 bits per heavy atom. The molecule has 36 heavy (non-hydrogen) atoms. The lowest BCUT2D eigenvalue weighted by atomic mass is 9.91. The maximum absolute atomic E-state index is 13.7. The maximum Gasteiger partial charge on any atom is 0.408 e. The van der Waals surface area contributed by atoms with E-state index in [2.05, 4.69) is 16.6 Å². The van der Waals surface area contributed by atoms with Crippen LogP contribution in [0.4, 0.5) is 4.79 Å². The third-order valence-electron chi connectivity index (χ3n) is 5.80. The SMILES string of the molecule is C#Cc1ccccc1C(C(=O)NCc1ccccc1)N(C(=O)CNC(=O)OC(C)(C)C)C(C)(C)CC. The molecule has 0 saturated carbocycles. The Bertz CT molecular complexity index is 1100. The summed E-state index contributed by atoms with van der Waals surface area (Å²) in [6, 6.07) is 15.6. The first-order valence-corrected chi connectivity index (χ1v) is 12.1. The average Bonchev–Trinajstić information content (AvgIpc) is 2.83. The molecule has 0 aliphatic rings. The van der Waals surface area contributed by atoms with E-state index >= 15 is 0 Å². The van der Waals surface area contributed by atoms with E-state index in [1.165, 1.54) is 4.90 Å². The minimum Gasteiger partial charge on any atom is -0.444 e. The van der Waals surface area contributed by atoms with Gasteiger partial charge in [0.25, 0.3) is 0 Å². The number of amides is 3. The molecular formula is C29H37N3O4. The Labute approximate surface area is 214 Å². The van der Waals surface area contributed by atoms with Crippen LogP contribution < -0.4 is 10.6 Å². The summed E-state index contributed by atoms with van der Waals surface area (Å²) >= 11 is 0. The number of ether oxygens (including phenoxy) is 1. The van der Waals surface area contributed by atoms with E-state index in [1.54, 1.807) is 45.0 Å². The molecule has 192 valence electrons. The van der Waals surface area contributed by atoms with Crippen LogP contribution in [0.1, 0.15) is 70.7 Å². The number of hydrogen-bond donors (Lipinski definition) is 2. The highest BCUT2D eigenvalue weighted by molar-refractivity contribution is 5.91. The standard InChI is InChI=1S/C29H37N3O4/c1-8-22-17-13-14-18-23(22)25(26(34)30-19-21-15-11-10-12-16-21)32(29(6,7)9-2)24(33)20-31-27(35)36-28(3,4)5/h1,10-18,25H,9,19-20H2,2-7H3,(H,30,34)(H,31,35). The van der Waals surface area contributed by atoms with Crippen molar-refractivity contribution in [1.29, 1.82) is 0 Å². The van der Waals surface area contributed by atoms with E-state index < -0.39 is 29.2 Å². The molecule has 1 unspecified atom stereocenters. The van der Waals surface area contributed by atoms with Crippen molar-refractivity contribution in [2.45, 2.75) is 71.7 Å². The monoisotopic (exact) mass is 491 g/mol. The van der Waals surface area contributed by atoms with Gasteiger partial charge in [-0.1, -0.05) is 61.4 Å². The molecule has 7 heteroatoms. The van der Waals surface area contributed by atoms with Gasteiger partial charge in [-0.3, -0.25) is 9.59 Å². The number of carbonyl (C=O) groups is 3. The van der Waals surface area contributed by atoms with E-state index in [1.807, 2.05) is 51.1 Å². The van der Waals surface area contributed by atoms with Crippen LogP contribution in [0.15, 0.2) is 54.6 Å². The van der Waals surface area contributed by atoms with Gasteiger partial charge in [-0.05, 0) is 58.2 Å². The maximum atomic E-state index is 13.7. The summed E-state index contributed by atoms with van der Waals surface area (Å²) in [4.78, 5) is 41.1. The molecule has 2 N–H and O–H groups in total. The molecule has 0 aliphatic heterocycles. The van der Waals surface area contributed by atoms with Gasteiger partial charge in [0.1, 0.15) is 18.2 Å². The van der Waals surface area contributed by atoms with Crippen LogP contribution in [-0.4, -0.2) is 40.5 Å². The summed E-state index contributed by atoms with van der Waals surface area (Å²) in [5.41, 5.74) is 0.540. The van der Waals surface area contributed by atoms with Gasteiger partial charge in [0.15, 0.2) is 0 Å². The molecule has 2 aromatic carbocycles. The molecule has 3 amide bonds. The lowest BCUT2D eigenvalue weighted by molar-refractivity contribution is -0.146. The number of rotatable bonds is 9. The first kappa shape index (κ1) is 28.4. The number of terminal acetylenes is 1. The zero-order chi connectivity index (χ0) is 26.9. The summed E-state index contributed by atoms with van der Waals surface area (Å²) in [7, 11) is 0. The summed E-state index contributed by atoms with van der Waals surface area (Å²) < 4.78 is 5.27. The number of nitrogens with zero attached hydrogens (tertiary/aromatic N) is 1. The lowest BCUT2D eigenvalue weighted by Gasteiger charge is -2.43. The molecule has 0 bridgehead atoms. The molecule has 0 spiro atoms. The Kier molecular flexibility index (Phi) is 9.68. The van der Waals surface area contributed by atoms with E-state index in [-0.39, 0.29) is 12.5 Å². The van der Waals surface area contributed by atoms with Crippen molar-refractivity contribution in [3.05, 3.63) is 71.3 Å². The van der Waals surface area contributed by atoms with Crippen molar-refractivity contribution in [3.8, 4) is 12.3 Å². The minimum absolute atomic E-state index is 0.291. The first-order valence-electron chi connectivity index (χ1n) is 12.1. The van der Waals surface area contributed by atoms with Gasteiger partial charge in [0, 0.05) is 17.6 Å². The van der Waals surface area contributed by atoms with Crippen molar-refractivity contribution in [1.82, 2.24) is 15.5 Å². The molecule has 2 rings (SSSR count). The van der Waals surface area contributed by atoms with Gasteiger partial charge in [-0.15, -0.1) is 6.42 Å². The third-order valence-corrected chi connectivity index (χ3v) is 5.80. The summed E-state index contributed by atoms with van der Waals surface area (Å²) in [6.45, 7) is 10.9. The normalized spacial score (nSPS) is 12.1. The quantitative estimate of drug-likeness (QED) is 0.503. The van der Waals surface area contributed by atoms with Crippen molar-refractivity contribution >= 4 is 17.9 Å². The molecule has 0 radical (unpaired) electrons. The fraction of sp³-hybridized carbons (Fsp3) is 0.414. The highest BCUT2D eigenvalue weighted by atomic mass is 16.6. The smallest absolute Gasteiger partial charge is 0.408 e. The highest BCUT2D eigenvalue weighted by Crippen LogP contribution is 2.33. The number of benzene rings is 2. The van der Waals surface area contributed by atoms with Crippen molar-refractivity contribution in [2.75, 3.05) is 6.54 Å². The molecule has 0 aromatic heterocycles. The number of carbonyl (C=O) groups excluding carboxylic acids is 3. The van der Waals surface area contributed by atoms with Crippen molar-refractivity contribution < 1.29 is 19.1 Å². The fourth-order valence-corrected chi connectivity index (χ4v) is 3.69. The average molecular weight is 492 g/mol. The Morgan fingerprint density at radius 3 is 2.17 bits per heavy atom. The minimum atomic E-state index is -1.01. The predicted octanol–water partition coefficient (Wildman–Crippen LogP) is 4.57. The van der Waals surface area contributed by atoms with Crippen molar-refractivity contribution in [3.63, 3.8) is 0 Å². The first-order chi connectivity index (χ1) is 16.9. The topological polar surface area (TPSA) is 87.7 Å². The summed E-state index contributed by atoms with van der Waals surface area (Å²) in [5, 5.41) is 5.49. The zero-order valence-electron chi connectivity index (χ0n) is 22.1. The molecule has 0 heterocycles. The van der Waals surface area contributed by atoms with Crippen molar-refractivity contribution in [2.24, 2.45) is 0 Å².